The van der Waals surface area contributed by atoms with E-state index in [0.717, 1.165) is 13.1 Å². The Kier molecular flexibility index (Phi) is 5.18. The standard InChI is InChI=1S/C10H15BrN2S2/c1-7(10(12)14)4-13(2)5-8-3-9(11)15-6-8/h3,6-7H,4-5H2,1-2H3,(H2,12,14). The van der Waals surface area contributed by atoms with Crippen molar-refractivity contribution in [3.8, 4) is 0 Å². The predicted molar refractivity (Wildman–Crippen MR) is 74.3 cm³/mol. The van der Waals surface area contributed by atoms with Gasteiger partial charge in [0.2, 0.25) is 0 Å². The quantitative estimate of drug-likeness (QED) is 0.848. The number of hydrogen-bond donors (Lipinski definition) is 1. The average molecular weight is 307 g/mol. The number of nitrogens with zero attached hydrogens (tertiary/aromatic N) is 1. The summed E-state index contributed by atoms with van der Waals surface area (Å²) in [4.78, 5) is 2.83. The largest absolute Gasteiger partial charge is 0.393 e. The summed E-state index contributed by atoms with van der Waals surface area (Å²) in [5.41, 5.74) is 6.90. The fourth-order valence-electron chi connectivity index (χ4n) is 1.36. The van der Waals surface area contributed by atoms with Crippen LogP contribution in [-0.4, -0.2) is 23.5 Å². The number of nitrogens with two attached hydrogens (primary N) is 1. The smallest absolute Gasteiger partial charge is 0.0768 e. The molecular weight excluding hydrogens is 292 g/mol. The molecule has 15 heavy (non-hydrogen) atoms. The van der Waals surface area contributed by atoms with Crippen LogP contribution in [0.2, 0.25) is 0 Å². The molecule has 1 rings (SSSR count). The second-order valence-electron chi connectivity index (χ2n) is 3.76. The normalized spacial score (nSPS) is 13.1. The van der Waals surface area contributed by atoms with Gasteiger partial charge in [-0.3, -0.25) is 0 Å². The first-order chi connectivity index (χ1) is 6.99. The Morgan fingerprint density at radius 1 is 1.73 bits per heavy atom. The molecule has 2 N–H and O–H groups in total. The van der Waals surface area contributed by atoms with Gasteiger partial charge in [0.1, 0.15) is 0 Å². The number of thiocarbonyl (C=S) groups is 1. The van der Waals surface area contributed by atoms with E-state index in [1.54, 1.807) is 11.3 Å². The van der Waals surface area contributed by atoms with E-state index in [-0.39, 0.29) is 5.92 Å². The molecule has 1 heterocycles. The van der Waals surface area contributed by atoms with Crippen molar-refractivity contribution in [2.45, 2.75) is 13.5 Å². The van der Waals surface area contributed by atoms with Gasteiger partial charge in [-0.05, 0) is 40.0 Å². The van der Waals surface area contributed by atoms with Crippen LogP contribution in [0.15, 0.2) is 15.2 Å². The van der Waals surface area contributed by atoms with Crippen molar-refractivity contribution >= 4 is 44.5 Å². The lowest BCUT2D eigenvalue weighted by Crippen LogP contribution is -2.31. The molecule has 0 fully saturated rings. The first-order valence-corrected chi connectivity index (χ1v) is 6.78. The van der Waals surface area contributed by atoms with Crippen LogP contribution in [0.4, 0.5) is 0 Å². The molecule has 0 aliphatic heterocycles. The van der Waals surface area contributed by atoms with Crippen LogP contribution in [0.5, 0.6) is 0 Å². The fourth-order valence-corrected chi connectivity index (χ4v) is 2.64. The van der Waals surface area contributed by atoms with Crippen LogP contribution in [0, 0.1) is 5.92 Å². The summed E-state index contributed by atoms with van der Waals surface area (Å²) in [5, 5.41) is 2.16. The number of hydrogen-bond acceptors (Lipinski definition) is 3. The molecule has 1 unspecified atom stereocenters. The van der Waals surface area contributed by atoms with Gasteiger partial charge in [0.15, 0.2) is 0 Å². The Balaban J connectivity index is 2.42. The van der Waals surface area contributed by atoms with Gasteiger partial charge in [-0.1, -0.05) is 19.1 Å². The zero-order chi connectivity index (χ0) is 11.4. The summed E-state index contributed by atoms with van der Waals surface area (Å²) in [6.45, 7) is 3.90. The molecule has 1 aromatic rings. The highest BCUT2D eigenvalue weighted by atomic mass is 79.9. The van der Waals surface area contributed by atoms with E-state index >= 15 is 0 Å². The Morgan fingerprint density at radius 3 is 2.87 bits per heavy atom. The first-order valence-electron chi connectivity index (χ1n) is 4.70. The van der Waals surface area contributed by atoms with Gasteiger partial charge in [-0.2, -0.15) is 0 Å². The lowest BCUT2D eigenvalue weighted by Gasteiger charge is -2.19. The van der Waals surface area contributed by atoms with Crippen LogP contribution >= 0.6 is 39.5 Å². The second-order valence-corrected chi connectivity index (χ2v) is 6.52. The highest BCUT2D eigenvalue weighted by Gasteiger charge is 2.09. The van der Waals surface area contributed by atoms with Crippen molar-refractivity contribution in [3.05, 3.63) is 20.8 Å². The average Bonchev–Trinajstić information content (AvgIpc) is 2.50. The maximum absolute atomic E-state index is 5.58. The van der Waals surface area contributed by atoms with Crippen LogP contribution in [0.3, 0.4) is 0 Å². The van der Waals surface area contributed by atoms with Crippen LogP contribution < -0.4 is 5.73 Å². The van der Waals surface area contributed by atoms with E-state index in [4.69, 9.17) is 18.0 Å². The maximum atomic E-state index is 5.58. The van der Waals surface area contributed by atoms with Crippen LogP contribution in [0.25, 0.3) is 0 Å². The summed E-state index contributed by atoms with van der Waals surface area (Å²) < 4.78 is 1.17. The number of halogens is 1. The summed E-state index contributed by atoms with van der Waals surface area (Å²) in [5.74, 6) is 0.270. The van der Waals surface area contributed by atoms with Gasteiger partial charge in [0.05, 0.1) is 8.77 Å². The highest BCUT2D eigenvalue weighted by Crippen LogP contribution is 2.21. The second kappa shape index (κ2) is 5.94. The Labute approximate surface area is 109 Å². The molecule has 0 bridgehead atoms. The molecular formula is C10H15BrN2S2. The van der Waals surface area contributed by atoms with Crippen molar-refractivity contribution < 1.29 is 0 Å². The molecule has 0 amide bonds. The third-order valence-corrected chi connectivity index (χ3v) is 4.10. The molecule has 2 nitrogen and oxygen atoms in total. The molecule has 1 aromatic heterocycles. The van der Waals surface area contributed by atoms with E-state index in [1.807, 2.05) is 0 Å². The van der Waals surface area contributed by atoms with Crippen molar-refractivity contribution in [2.75, 3.05) is 13.6 Å². The third kappa shape index (κ3) is 4.59. The van der Waals surface area contributed by atoms with Gasteiger partial charge < -0.3 is 10.6 Å². The molecule has 0 aliphatic rings. The Hall–Kier alpha value is 0.0300. The SMILES string of the molecule is CC(CN(C)Cc1csc(Br)c1)C(N)=S. The van der Waals surface area contributed by atoms with Gasteiger partial charge in [-0.15, -0.1) is 11.3 Å². The first kappa shape index (κ1) is 13.1. The zero-order valence-corrected chi connectivity index (χ0v) is 12.1. The molecule has 0 saturated heterocycles. The summed E-state index contributed by atoms with van der Waals surface area (Å²) in [7, 11) is 2.08. The van der Waals surface area contributed by atoms with Crippen LogP contribution in [-0.2, 0) is 6.54 Å². The minimum atomic E-state index is 0.270. The molecule has 1 atom stereocenters. The fraction of sp³-hybridized carbons (Fsp3) is 0.500. The Morgan fingerprint density at radius 2 is 2.40 bits per heavy atom. The van der Waals surface area contributed by atoms with Crippen LogP contribution in [0.1, 0.15) is 12.5 Å². The van der Waals surface area contributed by atoms with Gasteiger partial charge in [0, 0.05) is 19.0 Å². The summed E-state index contributed by atoms with van der Waals surface area (Å²) in [6.07, 6.45) is 0. The zero-order valence-electron chi connectivity index (χ0n) is 8.87. The van der Waals surface area contributed by atoms with Gasteiger partial charge in [-0.25, -0.2) is 0 Å². The van der Waals surface area contributed by atoms with E-state index in [2.05, 4.69) is 46.2 Å². The van der Waals surface area contributed by atoms with Gasteiger partial charge >= 0.3 is 0 Å². The lowest BCUT2D eigenvalue weighted by molar-refractivity contribution is 0.308. The van der Waals surface area contributed by atoms with E-state index in [0.29, 0.717) is 4.99 Å². The molecule has 0 aromatic carbocycles. The third-order valence-electron chi connectivity index (χ3n) is 2.15. The monoisotopic (exact) mass is 306 g/mol. The Bertz CT molecular complexity index is 338. The van der Waals surface area contributed by atoms with E-state index < -0.39 is 0 Å². The lowest BCUT2D eigenvalue weighted by atomic mass is 10.1. The van der Waals surface area contributed by atoms with E-state index in [1.165, 1.54) is 9.35 Å². The highest BCUT2D eigenvalue weighted by molar-refractivity contribution is 9.11. The maximum Gasteiger partial charge on any atom is 0.0768 e. The molecule has 0 radical (unpaired) electrons. The minimum absolute atomic E-state index is 0.270. The molecule has 0 spiro atoms. The van der Waals surface area contributed by atoms with E-state index in [9.17, 15) is 0 Å². The van der Waals surface area contributed by atoms with Crippen molar-refractivity contribution in [3.63, 3.8) is 0 Å². The van der Waals surface area contributed by atoms with Crippen molar-refractivity contribution in [1.29, 1.82) is 0 Å². The summed E-state index contributed by atoms with van der Waals surface area (Å²) >= 11 is 10.1. The molecule has 84 valence electrons. The number of thiophene rings is 1. The molecule has 0 saturated carbocycles. The minimum Gasteiger partial charge on any atom is -0.393 e. The number of rotatable bonds is 5. The molecule has 5 heteroatoms. The van der Waals surface area contributed by atoms with Crippen molar-refractivity contribution in [2.24, 2.45) is 11.7 Å². The summed E-state index contributed by atoms with van der Waals surface area (Å²) in [6, 6.07) is 2.15. The van der Waals surface area contributed by atoms with Gasteiger partial charge in [0.25, 0.3) is 0 Å². The molecule has 0 aliphatic carbocycles. The predicted octanol–water partition coefficient (Wildman–Crippen LogP) is 2.86. The van der Waals surface area contributed by atoms with Crippen molar-refractivity contribution in [1.82, 2.24) is 4.90 Å². The topological polar surface area (TPSA) is 29.3 Å².